The Morgan fingerprint density at radius 1 is 1.09 bits per heavy atom. The van der Waals surface area contributed by atoms with E-state index in [0.717, 1.165) is 64.5 Å². The van der Waals surface area contributed by atoms with E-state index in [1.807, 2.05) is 0 Å². The van der Waals surface area contributed by atoms with Crippen LogP contribution in [0.15, 0.2) is 4.99 Å². The number of guanidine groups is 1. The van der Waals surface area contributed by atoms with Crippen molar-refractivity contribution in [3.8, 4) is 0 Å². The minimum absolute atomic E-state index is 0. The zero-order valence-corrected chi connectivity index (χ0v) is 18.0. The number of methoxy groups -OCH3 is 1. The van der Waals surface area contributed by atoms with Gasteiger partial charge in [-0.2, -0.15) is 0 Å². The van der Waals surface area contributed by atoms with E-state index in [9.17, 15) is 0 Å². The summed E-state index contributed by atoms with van der Waals surface area (Å²) in [5.74, 6) is 1.45. The summed E-state index contributed by atoms with van der Waals surface area (Å²) in [6, 6.07) is 0. The highest BCUT2D eigenvalue weighted by Gasteiger charge is 2.12. The van der Waals surface area contributed by atoms with Gasteiger partial charge in [0.05, 0.1) is 6.10 Å². The van der Waals surface area contributed by atoms with Crippen LogP contribution in [-0.2, 0) is 9.47 Å². The Balaban J connectivity index is 0. The van der Waals surface area contributed by atoms with Crippen molar-refractivity contribution in [2.45, 2.75) is 59.5 Å². The van der Waals surface area contributed by atoms with Gasteiger partial charge in [0.1, 0.15) is 0 Å². The molecule has 140 valence electrons. The quantitative estimate of drug-likeness (QED) is 0.198. The third kappa shape index (κ3) is 15.2. The van der Waals surface area contributed by atoms with Crippen LogP contribution < -0.4 is 10.6 Å². The Morgan fingerprint density at radius 3 is 2.39 bits per heavy atom. The largest absolute Gasteiger partial charge is 0.385 e. The second kappa shape index (κ2) is 18.3. The number of nitrogens with one attached hydrogen (secondary N) is 2. The second-order valence-electron chi connectivity index (χ2n) is 5.77. The average molecular weight is 443 g/mol. The molecule has 0 aromatic rings. The van der Waals surface area contributed by atoms with Crippen molar-refractivity contribution < 1.29 is 9.47 Å². The first kappa shape index (κ1) is 25.2. The molecule has 0 aromatic heterocycles. The van der Waals surface area contributed by atoms with Gasteiger partial charge in [-0.15, -0.1) is 24.0 Å². The van der Waals surface area contributed by atoms with Crippen LogP contribution in [0.5, 0.6) is 0 Å². The highest BCUT2D eigenvalue weighted by Crippen LogP contribution is 2.09. The molecule has 6 heteroatoms. The summed E-state index contributed by atoms with van der Waals surface area (Å²) in [6.45, 7) is 12.8. The standard InChI is InChI=1S/C17H37N3O2.HI/c1-6-18-17(19-12-9-8-10-14-21-5)20-13-11-16(15(3)4)22-7-2;/h15-16H,6-14H2,1-5H3,(H2,18,19,20);1H. The van der Waals surface area contributed by atoms with E-state index >= 15 is 0 Å². The minimum Gasteiger partial charge on any atom is -0.385 e. The van der Waals surface area contributed by atoms with Crippen LogP contribution >= 0.6 is 24.0 Å². The van der Waals surface area contributed by atoms with Gasteiger partial charge in [0.2, 0.25) is 0 Å². The minimum atomic E-state index is 0. The van der Waals surface area contributed by atoms with Crippen LogP contribution in [0, 0.1) is 5.92 Å². The molecule has 5 nitrogen and oxygen atoms in total. The maximum absolute atomic E-state index is 5.77. The van der Waals surface area contributed by atoms with E-state index < -0.39 is 0 Å². The summed E-state index contributed by atoms with van der Waals surface area (Å²) in [5.41, 5.74) is 0. The van der Waals surface area contributed by atoms with Crippen molar-refractivity contribution in [3.05, 3.63) is 0 Å². The van der Waals surface area contributed by atoms with Crippen LogP contribution in [0.2, 0.25) is 0 Å². The molecule has 1 atom stereocenters. The van der Waals surface area contributed by atoms with Crippen LogP contribution in [0.3, 0.4) is 0 Å². The molecule has 0 saturated carbocycles. The number of ether oxygens (including phenoxy) is 2. The van der Waals surface area contributed by atoms with Gasteiger partial charge >= 0.3 is 0 Å². The first-order chi connectivity index (χ1) is 10.7. The number of rotatable bonds is 13. The van der Waals surface area contributed by atoms with Gasteiger partial charge in [0.15, 0.2) is 5.96 Å². The highest BCUT2D eigenvalue weighted by atomic mass is 127. The second-order valence-corrected chi connectivity index (χ2v) is 5.77. The summed E-state index contributed by atoms with van der Waals surface area (Å²) in [7, 11) is 1.75. The predicted octanol–water partition coefficient (Wildman–Crippen LogP) is 3.43. The Kier molecular flexibility index (Phi) is 20.0. The molecule has 0 amide bonds. The maximum atomic E-state index is 5.77. The molecule has 0 fully saturated rings. The van der Waals surface area contributed by atoms with E-state index in [1.54, 1.807) is 7.11 Å². The van der Waals surface area contributed by atoms with Crippen molar-refractivity contribution in [1.82, 2.24) is 10.6 Å². The fourth-order valence-corrected chi connectivity index (χ4v) is 2.22. The normalized spacial score (nSPS) is 12.9. The van der Waals surface area contributed by atoms with Gasteiger partial charge < -0.3 is 20.1 Å². The number of hydrogen-bond acceptors (Lipinski definition) is 3. The lowest BCUT2D eigenvalue weighted by molar-refractivity contribution is 0.0258. The van der Waals surface area contributed by atoms with Crippen LogP contribution in [-0.4, -0.2) is 52.0 Å². The van der Waals surface area contributed by atoms with E-state index in [1.165, 1.54) is 0 Å². The smallest absolute Gasteiger partial charge is 0.191 e. The zero-order chi connectivity index (χ0) is 16.6. The van der Waals surface area contributed by atoms with Crippen molar-refractivity contribution in [3.63, 3.8) is 0 Å². The molecular weight excluding hydrogens is 405 g/mol. The summed E-state index contributed by atoms with van der Waals surface area (Å²) >= 11 is 0. The monoisotopic (exact) mass is 443 g/mol. The van der Waals surface area contributed by atoms with E-state index in [0.29, 0.717) is 12.0 Å². The number of halogens is 1. The van der Waals surface area contributed by atoms with E-state index in [4.69, 9.17) is 9.47 Å². The van der Waals surface area contributed by atoms with Crippen molar-refractivity contribution in [1.29, 1.82) is 0 Å². The maximum Gasteiger partial charge on any atom is 0.191 e. The van der Waals surface area contributed by atoms with Gasteiger partial charge in [-0.1, -0.05) is 13.8 Å². The predicted molar refractivity (Wildman–Crippen MR) is 110 cm³/mol. The Morgan fingerprint density at radius 2 is 1.83 bits per heavy atom. The SMILES string of the molecule is CCNC(=NCCCCCOC)NCCC(OCC)C(C)C.I. The van der Waals surface area contributed by atoms with Crippen LogP contribution in [0.25, 0.3) is 0 Å². The highest BCUT2D eigenvalue weighted by molar-refractivity contribution is 14.0. The van der Waals surface area contributed by atoms with Crippen molar-refractivity contribution >= 4 is 29.9 Å². The van der Waals surface area contributed by atoms with Gasteiger partial charge in [-0.05, 0) is 45.4 Å². The number of unbranched alkanes of at least 4 members (excludes halogenated alkanes) is 2. The third-order valence-corrected chi connectivity index (χ3v) is 3.47. The molecule has 1 unspecified atom stereocenters. The average Bonchev–Trinajstić information content (AvgIpc) is 2.49. The molecule has 0 heterocycles. The van der Waals surface area contributed by atoms with Gasteiger partial charge in [0, 0.05) is 40.0 Å². The summed E-state index contributed by atoms with van der Waals surface area (Å²) in [4.78, 5) is 4.61. The molecule has 0 aliphatic carbocycles. The molecule has 0 aromatic carbocycles. The van der Waals surface area contributed by atoms with E-state index in [2.05, 4.69) is 43.3 Å². The molecule has 0 aliphatic rings. The number of aliphatic imine (C=N–C) groups is 1. The molecule has 0 aliphatic heterocycles. The van der Waals surface area contributed by atoms with E-state index in [-0.39, 0.29) is 24.0 Å². The van der Waals surface area contributed by atoms with Gasteiger partial charge in [-0.3, -0.25) is 4.99 Å². The molecule has 0 spiro atoms. The Hall–Kier alpha value is -0.0800. The first-order valence-corrected chi connectivity index (χ1v) is 8.78. The molecule has 0 bridgehead atoms. The fourth-order valence-electron chi connectivity index (χ4n) is 2.22. The lowest BCUT2D eigenvalue weighted by Crippen LogP contribution is -2.39. The van der Waals surface area contributed by atoms with Crippen LogP contribution in [0.4, 0.5) is 0 Å². The Labute approximate surface area is 160 Å². The summed E-state index contributed by atoms with van der Waals surface area (Å²) in [5, 5.41) is 6.69. The fraction of sp³-hybridized carbons (Fsp3) is 0.941. The molecule has 0 radical (unpaired) electrons. The number of nitrogens with zero attached hydrogens (tertiary/aromatic N) is 1. The van der Waals surface area contributed by atoms with Gasteiger partial charge in [0.25, 0.3) is 0 Å². The van der Waals surface area contributed by atoms with Crippen molar-refractivity contribution in [2.75, 3.05) is 40.0 Å². The lowest BCUT2D eigenvalue weighted by atomic mass is 10.0. The lowest BCUT2D eigenvalue weighted by Gasteiger charge is -2.21. The first-order valence-electron chi connectivity index (χ1n) is 8.78. The number of hydrogen-bond donors (Lipinski definition) is 2. The molecular formula is C17H38IN3O2. The summed E-state index contributed by atoms with van der Waals surface area (Å²) < 4.78 is 10.8. The summed E-state index contributed by atoms with van der Waals surface area (Å²) in [6.07, 6.45) is 4.70. The van der Waals surface area contributed by atoms with Gasteiger partial charge in [-0.25, -0.2) is 0 Å². The molecule has 2 N–H and O–H groups in total. The third-order valence-electron chi connectivity index (χ3n) is 3.47. The topological polar surface area (TPSA) is 54.9 Å². The van der Waals surface area contributed by atoms with Crippen LogP contribution in [0.1, 0.15) is 53.4 Å². The molecule has 0 saturated heterocycles. The Bertz CT molecular complexity index is 277. The van der Waals surface area contributed by atoms with Crippen molar-refractivity contribution in [2.24, 2.45) is 10.9 Å². The molecule has 23 heavy (non-hydrogen) atoms. The molecule has 0 rings (SSSR count). The zero-order valence-electron chi connectivity index (χ0n) is 15.7.